The summed E-state index contributed by atoms with van der Waals surface area (Å²) in [7, 11) is 0. The molecule has 1 amide bonds. The second-order valence-corrected chi connectivity index (χ2v) is 6.80. The lowest BCUT2D eigenvalue weighted by Crippen LogP contribution is -2.25. The van der Waals surface area contributed by atoms with Crippen LogP contribution >= 0.6 is 11.8 Å². The van der Waals surface area contributed by atoms with Crippen LogP contribution in [0.3, 0.4) is 0 Å². The average Bonchev–Trinajstić information content (AvgIpc) is 2.50. The van der Waals surface area contributed by atoms with E-state index in [2.05, 4.69) is 5.32 Å². The molecule has 0 aromatic heterocycles. The van der Waals surface area contributed by atoms with E-state index in [0.29, 0.717) is 5.69 Å². The number of hydrogen-bond donors (Lipinski definition) is 2. The molecule has 0 aliphatic heterocycles. The normalized spacial score (nSPS) is 17.2. The van der Waals surface area contributed by atoms with Crippen LogP contribution in [0, 0.1) is 5.92 Å². The van der Waals surface area contributed by atoms with E-state index in [0.717, 1.165) is 30.6 Å². The number of aliphatic carboxylic acids is 1. The summed E-state index contributed by atoms with van der Waals surface area (Å²) in [5.41, 5.74) is 0.714. The van der Waals surface area contributed by atoms with Crippen LogP contribution in [-0.2, 0) is 9.59 Å². The van der Waals surface area contributed by atoms with Crippen molar-refractivity contribution in [2.45, 2.75) is 49.2 Å². The summed E-state index contributed by atoms with van der Waals surface area (Å²) in [5, 5.41) is 11.4. The molecule has 1 aliphatic carbocycles. The average molecular weight is 307 g/mol. The summed E-state index contributed by atoms with van der Waals surface area (Å²) in [4.78, 5) is 24.1. The minimum absolute atomic E-state index is 0.0609. The number of carbonyl (C=O) groups excluding carboxylic acids is 1. The van der Waals surface area contributed by atoms with E-state index in [1.54, 1.807) is 6.92 Å². The van der Waals surface area contributed by atoms with Gasteiger partial charge < -0.3 is 10.4 Å². The second kappa shape index (κ2) is 7.50. The topological polar surface area (TPSA) is 66.4 Å². The fraction of sp³-hybridized carbons (Fsp3) is 0.500. The summed E-state index contributed by atoms with van der Waals surface area (Å²) in [6, 6.07) is 7.39. The van der Waals surface area contributed by atoms with E-state index in [1.165, 1.54) is 18.2 Å². The van der Waals surface area contributed by atoms with Crippen LogP contribution < -0.4 is 5.32 Å². The van der Waals surface area contributed by atoms with Gasteiger partial charge in [-0.25, -0.2) is 0 Å². The Morgan fingerprint density at radius 2 is 1.90 bits per heavy atom. The number of benzene rings is 1. The highest BCUT2D eigenvalue weighted by Gasteiger charge is 2.22. The zero-order valence-electron chi connectivity index (χ0n) is 12.2. The quantitative estimate of drug-likeness (QED) is 0.813. The zero-order chi connectivity index (χ0) is 15.2. The summed E-state index contributed by atoms with van der Waals surface area (Å²) < 4.78 is 0. The van der Waals surface area contributed by atoms with Crippen molar-refractivity contribution < 1.29 is 14.7 Å². The van der Waals surface area contributed by atoms with Gasteiger partial charge in [-0.1, -0.05) is 31.4 Å². The first-order valence-electron chi connectivity index (χ1n) is 7.37. The fourth-order valence-corrected chi connectivity index (χ4v) is 3.40. The molecule has 0 spiro atoms. The molecule has 2 rings (SSSR count). The summed E-state index contributed by atoms with van der Waals surface area (Å²) in [6.45, 7) is 1.65. The molecule has 1 aromatic carbocycles. The lowest BCUT2D eigenvalue weighted by Gasteiger charge is -2.21. The number of thioether (sulfide) groups is 1. The summed E-state index contributed by atoms with van der Waals surface area (Å²) >= 11 is 1.25. The van der Waals surface area contributed by atoms with Gasteiger partial charge in [-0.2, -0.15) is 0 Å². The van der Waals surface area contributed by atoms with Crippen molar-refractivity contribution in [2.24, 2.45) is 5.92 Å². The highest BCUT2D eigenvalue weighted by atomic mass is 32.2. The Labute approximate surface area is 129 Å². The number of nitrogens with one attached hydrogen (secondary N) is 1. The fourth-order valence-electron chi connectivity index (χ4n) is 2.51. The molecule has 4 nitrogen and oxygen atoms in total. The van der Waals surface area contributed by atoms with Gasteiger partial charge in [0.25, 0.3) is 0 Å². The van der Waals surface area contributed by atoms with Gasteiger partial charge in [0.2, 0.25) is 5.91 Å². The van der Waals surface area contributed by atoms with Crippen LogP contribution in [0.15, 0.2) is 29.2 Å². The lowest BCUT2D eigenvalue weighted by atomic mass is 9.88. The van der Waals surface area contributed by atoms with Crippen molar-refractivity contribution in [2.75, 3.05) is 5.32 Å². The number of hydrogen-bond acceptors (Lipinski definition) is 3. The predicted octanol–water partition coefficient (Wildman–Crippen LogP) is 3.77. The molecule has 0 unspecified atom stereocenters. The number of amides is 1. The Morgan fingerprint density at radius 1 is 1.24 bits per heavy atom. The summed E-state index contributed by atoms with van der Waals surface area (Å²) in [6.07, 6.45) is 5.35. The van der Waals surface area contributed by atoms with Crippen LogP contribution in [-0.4, -0.2) is 22.2 Å². The Bertz CT molecular complexity index is 512. The van der Waals surface area contributed by atoms with Crippen LogP contribution in [0.25, 0.3) is 0 Å². The maximum Gasteiger partial charge on any atom is 0.316 e. The first-order valence-corrected chi connectivity index (χ1v) is 8.25. The number of anilines is 1. The molecule has 2 N–H and O–H groups in total. The van der Waals surface area contributed by atoms with Gasteiger partial charge in [0.05, 0.1) is 5.69 Å². The Balaban J connectivity index is 2.05. The number of carbonyl (C=O) groups is 2. The van der Waals surface area contributed by atoms with Gasteiger partial charge in [-0.15, -0.1) is 11.8 Å². The highest BCUT2D eigenvalue weighted by Crippen LogP contribution is 2.32. The van der Waals surface area contributed by atoms with E-state index < -0.39 is 11.2 Å². The molecule has 21 heavy (non-hydrogen) atoms. The lowest BCUT2D eigenvalue weighted by molar-refractivity contribution is -0.136. The molecule has 1 atom stereocenters. The predicted molar refractivity (Wildman–Crippen MR) is 84.6 cm³/mol. The van der Waals surface area contributed by atoms with Gasteiger partial charge in [-0.3, -0.25) is 9.59 Å². The number of rotatable bonds is 5. The minimum Gasteiger partial charge on any atom is -0.480 e. The monoisotopic (exact) mass is 307 g/mol. The first kappa shape index (κ1) is 15.9. The largest absolute Gasteiger partial charge is 0.480 e. The van der Waals surface area contributed by atoms with Crippen molar-refractivity contribution >= 4 is 29.3 Å². The third-order valence-electron chi connectivity index (χ3n) is 3.77. The number of carboxylic acid groups (broad SMARTS) is 1. The van der Waals surface area contributed by atoms with E-state index in [4.69, 9.17) is 5.11 Å². The molecule has 5 heteroatoms. The van der Waals surface area contributed by atoms with E-state index in [9.17, 15) is 9.59 Å². The second-order valence-electron chi connectivity index (χ2n) is 5.42. The van der Waals surface area contributed by atoms with Gasteiger partial charge in [-0.05, 0) is 31.9 Å². The maximum atomic E-state index is 12.3. The van der Waals surface area contributed by atoms with Crippen molar-refractivity contribution in [3.8, 4) is 0 Å². The van der Waals surface area contributed by atoms with Crippen LogP contribution in [0.1, 0.15) is 39.0 Å². The molecular formula is C16H21NO3S. The van der Waals surface area contributed by atoms with Crippen molar-refractivity contribution in [3.05, 3.63) is 24.3 Å². The zero-order valence-corrected chi connectivity index (χ0v) is 13.0. The van der Waals surface area contributed by atoms with Crippen molar-refractivity contribution in [1.82, 2.24) is 0 Å². The summed E-state index contributed by atoms with van der Waals surface area (Å²) in [5.74, 6) is -0.701. The van der Waals surface area contributed by atoms with Crippen molar-refractivity contribution in [3.63, 3.8) is 0 Å². The molecule has 114 valence electrons. The van der Waals surface area contributed by atoms with E-state index in [-0.39, 0.29) is 11.8 Å². The molecule has 1 aliphatic rings. The molecular weight excluding hydrogens is 286 g/mol. The standard InChI is InChI=1S/C16H21NO3S/c1-11(16(19)20)21-14-10-6-5-9-13(14)17-15(18)12-7-3-2-4-8-12/h5-6,9-12H,2-4,7-8H2,1H3,(H,17,18)(H,19,20)/t11-/m0/s1. The SMILES string of the molecule is C[C@H](Sc1ccccc1NC(=O)C1CCCCC1)C(=O)O. The number of carboxylic acids is 1. The van der Waals surface area contributed by atoms with Gasteiger partial charge in [0, 0.05) is 10.8 Å². The smallest absolute Gasteiger partial charge is 0.316 e. The van der Waals surface area contributed by atoms with Crippen molar-refractivity contribution in [1.29, 1.82) is 0 Å². The van der Waals surface area contributed by atoms with Gasteiger partial charge in [0.15, 0.2) is 0 Å². The third-order valence-corrected chi connectivity index (χ3v) is 4.94. The van der Waals surface area contributed by atoms with Crippen LogP contribution in [0.4, 0.5) is 5.69 Å². The highest BCUT2D eigenvalue weighted by molar-refractivity contribution is 8.00. The Kier molecular flexibility index (Phi) is 5.67. The molecule has 1 fully saturated rings. The van der Waals surface area contributed by atoms with Gasteiger partial charge >= 0.3 is 5.97 Å². The van der Waals surface area contributed by atoms with E-state index >= 15 is 0 Å². The first-order chi connectivity index (χ1) is 10.1. The van der Waals surface area contributed by atoms with Crippen LogP contribution in [0.2, 0.25) is 0 Å². The maximum absolute atomic E-state index is 12.3. The molecule has 1 aromatic rings. The van der Waals surface area contributed by atoms with E-state index in [1.807, 2.05) is 24.3 Å². The van der Waals surface area contributed by atoms with Gasteiger partial charge in [0.1, 0.15) is 5.25 Å². The Morgan fingerprint density at radius 3 is 2.57 bits per heavy atom. The molecule has 0 radical (unpaired) electrons. The number of para-hydroxylation sites is 1. The molecule has 0 bridgehead atoms. The Hall–Kier alpha value is -1.49. The minimum atomic E-state index is -0.853. The third kappa shape index (κ3) is 4.49. The van der Waals surface area contributed by atoms with Crippen LogP contribution in [0.5, 0.6) is 0 Å². The molecule has 0 heterocycles. The molecule has 1 saturated carbocycles. The molecule has 0 saturated heterocycles.